The number of hydrogen-bond acceptors (Lipinski definition) is 3. The van der Waals surface area contributed by atoms with Crippen molar-refractivity contribution in [1.82, 2.24) is 10.2 Å². The second-order valence-electron chi connectivity index (χ2n) is 7.84. The maximum Gasteiger partial charge on any atom is 0.194 e. The third-order valence-corrected chi connectivity index (χ3v) is 6.91. The fourth-order valence-corrected chi connectivity index (χ4v) is 5.35. The van der Waals surface area contributed by atoms with Crippen molar-refractivity contribution in [2.75, 3.05) is 37.7 Å². The van der Waals surface area contributed by atoms with E-state index in [1.165, 1.54) is 12.8 Å². The zero-order chi connectivity index (χ0) is 17.7. The first-order chi connectivity index (χ1) is 11.3. The molecular formula is C18H34IN3O2S. The molecule has 0 aromatic carbocycles. The van der Waals surface area contributed by atoms with Crippen molar-refractivity contribution < 1.29 is 8.42 Å². The molecule has 5 nitrogen and oxygen atoms in total. The van der Waals surface area contributed by atoms with Gasteiger partial charge in [-0.2, -0.15) is 0 Å². The predicted octanol–water partition coefficient (Wildman–Crippen LogP) is 2.93. The third-order valence-electron chi connectivity index (χ3n) is 5.07. The summed E-state index contributed by atoms with van der Waals surface area (Å²) in [5.41, 5.74) is 1.04. The third kappa shape index (κ3) is 7.45. The number of guanidine groups is 1. The highest BCUT2D eigenvalue weighted by Crippen LogP contribution is 2.24. The molecule has 0 aromatic rings. The molecule has 2 aliphatic heterocycles. The summed E-state index contributed by atoms with van der Waals surface area (Å²) >= 11 is 0. The zero-order valence-electron chi connectivity index (χ0n) is 15.8. The summed E-state index contributed by atoms with van der Waals surface area (Å²) in [6, 6.07) is 0. The van der Waals surface area contributed by atoms with Gasteiger partial charge in [0.2, 0.25) is 0 Å². The van der Waals surface area contributed by atoms with Gasteiger partial charge in [-0.05, 0) is 43.9 Å². The fraction of sp³-hybridized carbons (Fsp3) is 0.833. The van der Waals surface area contributed by atoms with E-state index in [2.05, 4.69) is 30.6 Å². The smallest absolute Gasteiger partial charge is 0.194 e. The normalized spacial score (nSPS) is 26.4. The molecule has 0 spiro atoms. The second-order valence-corrected chi connectivity index (χ2v) is 10.1. The Labute approximate surface area is 170 Å². The Bertz CT molecular complexity index is 575. The molecule has 2 aliphatic rings. The minimum absolute atomic E-state index is 0. The van der Waals surface area contributed by atoms with Gasteiger partial charge < -0.3 is 10.2 Å². The van der Waals surface area contributed by atoms with Gasteiger partial charge in [0.05, 0.1) is 18.1 Å². The lowest BCUT2D eigenvalue weighted by atomic mass is 9.88. The summed E-state index contributed by atoms with van der Waals surface area (Å²) in [5, 5.41) is 3.45. The number of nitrogens with zero attached hydrogens (tertiary/aromatic N) is 2. The van der Waals surface area contributed by atoms with Gasteiger partial charge in [0.1, 0.15) is 0 Å². The van der Waals surface area contributed by atoms with Crippen molar-refractivity contribution in [2.24, 2.45) is 22.7 Å². The Kier molecular flexibility index (Phi) is 9.21. The van der Waals surface area contributed by atoms with Crippen molar-refractivity contribution >= 4 is 39.8 Å². The summed E-state index contributed by atoms with van der Waals surface area (Å²) in [4.78, 5) is 7.07. The minimum atomic E-state index is -2.82. The molecule has 0 amide bonds. The second kappa shape index (κ2) is 10.1. The highest BCUT2D eigenvalue weighted by molar-refractivity contribution is 14.0. The van der Waals surface area contributed by atoms with Crippen LogP contribution in [0, 0.1) is 17.8 Å². The van der Waals surface area contributed by atoms with Crippen molar-refractivity contribution in [3.8, 4) is 0 Å². The average Bonchev–Trinajstić information content (AvgIpc) is 2.86. The number of piperidine rings is 1. The average molecular weight is 483 g/mol. The van der Waals surface area contributed by atoms with E-state index in [0.29, 0.717) is 36.4 Å². The molecule has 2 saturated heterocycles. The van der Waals surface area contributed by atoms with Crippen LogP contribution in [0.2, 0.25) is 0 Å². The molecule has 2 fully saturated rings. The van der Waals surface area contributed by atoms with Crippen LogP contribution >= 0.6 is 24.0 Å². The SMILES string of the molecule is C=C(C)CN=C(NCC1CCS(=O)(=O)C1)N1CCCC(C(C)C)C1.I. The molecule has 0 aromatic heterocycles. The van der Waals surface area contributed by atoms with E-state index >= 15 is 0 Å². The molecule has 2 unspecified atom stereocenters. The van der Waals surface area contributed by atoms with E-state index in [0.717, 1.165) is 31.0 Å². The topological polar surface area (TPSA) is 61.8 Å². The molecule has 0 radical (unpaired) electrons. The lowest BCUT2D eigenvalue weighted by molar-refractivity contribution is 0.206. The number of likely N-dealkylation sites (tertiary alicyclic amines) is 1. The van der Waals surface area contributed by atoms with Crippen LogP contribution in [0.3, 0.4) is 0 Å². The number of rotatable bonds is 5. The molecular weight excluding hydrogens is 449 g/mol. The molecule has 1 N–H and O–H groups in total. The van der Waals surface area contributed by atoms with Crippen molar-refractivity contribution in [1.29, 1.82) is 0 Å². The van der Waals surface area contributed by atoms with Gasteiger partial charge in [0, 0.05) is 19.6 Å². The molecule has 2 heterocycles. The van der Waals surface area contributed by atoms with E-state index in [-0.39, 0.29) is 29.9 Å². The van der Waals surface area contributed by atoms with Crippen molar-refractivity contribution in [3.05, 3.63) is 12.2 Å². The van der Waals surface area contributed by atoms with Crippen LogP contribution < -0.4 is 5.32 Å². The van der Waals surface area contributed by atoms with E-state index in [1.807, 2.05) is 6.92 Å². The summed E-state index contributed by atoms with van der Waals surface area (Å²) < 4.78 is 23.3. The van der Waals surface area contributed by atoms with Crippen LogP contribution in [0.1, 0.15) is 40.0 Å². The highest BCUT2D eigenvalue weighted by atomic mass is 127. The van der Waals surface area contributed by atoms with Crippen LogP contribution in [-0.2, 0) is 9.84 Å². The molecule has 2 rings (SSSR count). The Hall–Kier alpha value is -0.310. The van der Waals surface area contributed by atoms with Gasteiger partial charge in [-0.3, -0.25) is 0 Å². The van der Waals surface area contributed by atoms with E-state index in [9.17, 15) is 8.42 Å². The molecule has 2 atom stereocenters. The molecule has 146 valence electrons. The van der Waals surface area contributed by atoms with Crippen LogP contribution in [0.4, 0.5) is 0 Å². The number of nitrogens with one attached hydrogen (secondary N) is 1. The van der Waals surface area contributed by atoms with Gasteiger partial charge in [-0.15, -0.1) is 24.0 Å². The maximum atomic E-state index is 11.6. The van der Waals surface area contributed by atoms with Crippen LogP contribution in [-0.4, -0.2) is 57.0 Å². The first kappa shape index (κ1) is 22.7. The first-order valence-electron chi connectivity index (χ1n) is 9.15. The van der Waals surface area contributed by atoms with Crippen molar-refractivity contribution in [2.45, 2.75) is 40.0 Å². The molecule has 0 saturated carbocycles. The van der Waals surface area contributed by atoms with E-state index < -0.39 is 9.84 Å². The monoisotopic (exact) mass is 483 g/mol. The summed E-state index contributed by atoms with van der Waals surface area (Å²) in [5.74, 6) is 3.14. The fourth-order valence-electron chi connectivity index (χ4n) is 3.49. The standard InChI is InChI=1S/C18H33N3O2S.HI/c1-14(2)10-19-18(20-11-16-7-9-24(22,23)13-16)21-8-5-6-17(12-21)15(3)4;/h15-17H,1,5-13H2,2-4H3,(H,19,20);1H. The summed E-state index contributed by atoms with van der Waals surface area (Å²) in [6.07, 6.45) is 3.23. The lowest BCUT2D eigenvalue weighted by Crippen LogP contribution is -2.48. The summed E-state index contributed by atoms with van der Waals surface area (Å²) in [7, 11) is -2.82. The number of hydrogen-bond donors (Lipinski definition) is 1. The number of aliphatic imine (C=N–C) groups is 1. The van der Waals surface area contributed by atoms with E-state index in [4.69, 9.17) is 4.99 Å². The Morgan fingerprint density at radius 3 is 2.64 bits per heavy atom. The number of halogens is 1. The molecule has 0 bridgehead atoms. The van der Waals surface area contributed by atoms with Gasteiger partial charge in [0.15, 0.2) is 15.8 Å². The van der Waals surface area contributed by atoms with Gasteiger partial charge >= 0.3 is 0 Å². The highest BCUT2D eigenvalue weighted by Gasteiger charge is 2.29. The van der Waals surface area contributed by atoms with Crippen LogP contribution in [0.5, 0.6) is 0 Å². The largest absolute Gasteiger partial charge is 0.356 e. The van der Waals surface area contributed by atoms with E-state index in [1.54, 1.807) is 0 Å². The van der Waals surface area contributed by atoms with Gasteiger partial charge in [-0.25, -0.2) is 13.4 Å². The minimum Gasteiger partial charge on any atom is -0.356 e. The zero-order valence-corrected chi connectivity index (χ0v) is 19.0. The maximum absolute atomic E-state index is 11.6. The Morgan fingerprint density at radius 1 is 1.36 bits per heavy atom. The van der Waals surface area contributed by atoms with Crippen molar-refractivity contribution in [3.63, 3.8) is 0 Å². The first-order valence-corrected chi connectivity index (χ1v) is 11.0. The van der Waals surface area contributed by atoms with Crippen LogP contribution in [0.15, 0.2) is 17.1 Å². The Balaban J connectivity index is 0.00000312. The predicted molar refractivity (Wildman–Crippen MR) is 116 cm³/mol. The molecule has 7 heteroatoms. The number of sulfone groups is 1. The van der Waals surface area contributed by atoms with Gasteiger partial charge in [0.25, 0.3) is 0 Å². The summed E-state index contributed by atoms with van der Waals surface area (Å²) in [6.45, 7) is 13.9. The Morgan fingerprint density at radius 2 is 2.08 bits per heavy atom. The molecule has 0 aliphatic carbocycles. The van der Waals surface area contributed by atoms with Crippen LogP contribution in [0.25, 0.3) is 0 Å². The lowest BCUT2D eigenvalue weighted by Gasteiger charge is -2.37. The molecule has 25 heavy (non-hydrogen) atoms. The van der Waals surface area contributed by atoms with Gasteiger partial charge in [-0.1, -0.05) is 26.0 Å². The quantitative estimate of drug-likeness (QED) is 0.283.